The van der Waals surface area contributed by atoms with Crippen LogP contribution in [0.25, 0.3) is 0 Å². The minimum absolute atomic E-state index is 0.464. The quantitative estimate of drug-likeness (QED) is 0.890. The number of sulfone groups is 1. The minimum atomic E-state index is -3.27. The van der Waals surface area contributed by atoms with Gasteiger partial charge in [0, 0.05) is 25.2 Å². The van der Waals surface area contributed by atoms with Crippen LogP contribution in [-0.4, -0.2) is 34.6 Å². The fourth-order valence-corrected chi connectivity index (χ4v) is 4.42. The highest BCUT2D eigenvalue weighted by atomic mass is 32.2. The van der Waals surface area contributed by atoms with E-state index in [2.05, 4.69) is 4.98 Å². The lowest BCUT2D eigenvalue weighted by Gasteiger charge is -2.28. The lowest BCUT2D eigenvalue weighted by Crippen LogP contribution is -2.41. The van der Waals surface area contributed by atoms with Crippen molar-refractivity contribution in [2.24, 2.45) is 0 Å². The molecule has 0 bridgehead atoms. The van der Waals surface area contributed by atoms with E-state index < -0.39 is 20.7 Å². The van der Waals surface area contributed by atoms with E-state index in [1.807, 2.05) is 11.5 Å². The van der Waals surface area contributed by atoms with Gasteiger partial charge in [-0.1, -0.05) is 6.92 Å². The first kappa shape index (κ1) is 13.5. The predicted octanol–water partition coefficient (Wildman–Crippen LogP) is 1.08. The van der Waals surface area contributed by atoms with E-state index in [1.165, 1.54) is 6.26 Å². The molecule has 1 aromatic heterocycles. The van der Waals surface area contributed by atoms with Gasteiger partial charge >= 0.3 is 0 Å². The molecule has 6 heteroatoms. The van der Waals surface area contributed by atoms with Crippen molar-refractivity contribution in [3.8, 4) is 0 Å². The zero-order chi connectivity index (χ0) is 13.4. The number of hydrogen-bond acceptors (Lipinski definition) is 4. The Hall–Kier alpha value is -0.880. The van der Waals surface area contributed by atoms with Gasteiger partial charge in [-0.05, 0) is 25.7 Å². The van der Waals surface area contributed by atoms with Crippen LogP contribution in [0, 0.1) is 0 Å². The number of nitrogens with zero attached hydrogens (tertiary/aromatic N) is 2. The molecule has 1 fully saturated rings. The van der Waals surface area contributed by atoms with Gasteiger partial charge in [-0.2, -0.15) is 0 Å². The van der Waals surface area contributed by atoms with Gasteiger partial charge < -0.3 is 9.67 Å². The second-order valence-electron chi connectivity index (χ2n) is 5.08. The Balaban J connectivity index is 2.43. The van der Waals surface area contributed by atoms with Crippen molar-refractivity contribution in [1.29, 1.82) is 0 Å². The standard InChI is InChI=1S/C12H20N2O3S/c1-3-8-14-9-7-13-11(14)12(15)6-4-5-10(12)18(2,16)17/h7,9-10,15H,3-6,8H2,1-2H3. The van der Waals surface area contributed by atoms with E-state index in [1.54, 1.807) is 12.4 Å². The van der Waals surface area contributed by atoms with Gasteiger partial charge in [-0.15, -0.1) is 0 Å². The third-order valence-electron chi connectivity index (χ3n) is 3.64. The van der Waals surface area contributed by atoms with Gasteiger partial charge in [0.2, 0.25) is 0 Å². The lowest BCUT2D eigenvalue weighted by atomic mass is 10.0. The van der Waals surface area contributed by atoms with Crippen molar-refractivity contribution >= 4 is 9.84 Å². The third kappa shape index (κ3) is 2.19. The zero-order valence-corrected chi connectivity index (χ0v) is 11.7. The highest BCUT2D eigenvalue weighted by Gasteiger charge is 2.50. The molecule has 5 nitrogen and oxygen atoms in total. The monoisotopic (exact) mass is 272 g/mol. The molecule has 1 aliphatic rings. The Morgan fingerprint density at radius 3 is 2.94 bits per heavy atom. The van der Waals surface area contributed by atoms with Gasteiger partial charge in [0.1, 0.15) is 11.4 Å². The molecule has 2 unspecified atom stereocenters. The van der Waals surface area contributed by atoms with Gasteiger partial charge in [-0.25, -0.2) is 13.4 Å². The van der Waals surface area contributed by atoms with E-state index in [0.29, 0.717) is 25.1 Å². The fraction of sp³-hybridized carbons (Fsp3) is 0.750. The maximum absolute atomic E-state index is 11.8. The van der Waals surface area contributed by atoms with Crippen molar-refractivity contribution < 1.29 is 13.5 Å². The first-order chi connectivity index (χ1) is 8.39. The van der Waals surface area contributed by atoms with Gasteiger partial charge in [-0.3, -0.25) is 0 Å². The number of aromatic nitrogens is 2. The molecule has 1 saturated carbocycles. The highest BCUT2D eigenvalue weighted by Crippen LogP contribution is 2.41. The summed E-state index contributed by atoms with van der Waals surface area (Å²) in [7, 11) is -3.27. The second-order valence-corrected chi connectivity index (χ2v) is 7.31. The molecule has 1 aromatic rings. The SMILES string of the molecule is CCCn1ccnc1C1(O)CCCC1S(C)(=O)=O. The van der Waals surface area contributed by atoms with Crippen LogP contribution in [0.15, 0.2) is 12.4 Å². The van der Waals surface area contributed by atoms with E-state index >= 15 is 0 Å². The molecule has 1 aliphatic carbocycles. The molecular formula is C12H20N2O3S. The Morgan fingerprint density at radius 2 is 2.33 bits per heavy atom. The van der Waals surface area contributed by atoms with Crippen LogP contribution < -0.4 is 0 Å². The molecule has 0 aliphatic heterocycles. The zero-order valence-electron chi connectivity index (χ0n) is 10.8. The number of hydrogen-bond donors (Lipinski definition) is 1. The molecule has 0 amide bonds. The van der Waals surface area contributed by atoms with Crippen LogP contribution in [0.1, 0.15) is 38.4 Å². The molecule has 0 aromatic carbocycles. The maximum atomic E-state index is 11.8. The molecule has 2 atom stereocenters. The van der Waals surface area contributed by atoms with Crippen LogP contribution in [0.4, 0.5) is 0 Å². The first-order valence-corrected chi connectivity index (χ1v) is 8.28. The molecule has 18 heavy (non-hydrogen) atoms. The molecule has 1 N–H and O–H groups in total. The second kappa shape index (κ2) is 4.66. The van der Waals surface area contributed by atoms with Crippen molar-refractivity contribution in [3.05, 3.63) is 18.2 Å². The fourth-order valence-electron chi connectivity index (χ4n) is 2.89. The Labute approximate surface area is 108 Å². The summed E-state index contributed by atoms with van der Waals surface area (Å²) in [5.41, 5.74) is -1.33. The summed E-state index contributed by atoms with van der Waals surface area (Å²) < 4.78 is 25.5. The highest BCUT2D eigenvalue weighted by molar-refractivity contribution is 7.91. The largest absolute Gasteiger partial charge is 0.381 e. The van der Waals surface area contributed by atoms with Crippen molar-refractivity contribution in [2.75, 3.05) is 6.26 Å². The van der Waals surface area contributed by atoms with Gasteiger partial charge in [0.05, 0.1) is 5.25 Å². The van der Waals surface area contributed by atoms with Crippen molar-refractivity contribution in [1.82, 2.24) is 9.55 Å². The summed E-state index contributed by atoms with van der Waals surface area (Å²) in [5.74, 6) is 0.497. The molecular weight excluding hydrogens is 252 g/mol. The molecule has 1 heterocycles. The van der Waals surface area contributed by atoms with Crippen molar-refractivity contribution in [3.63, 3.8) is 0 Å². The number of aryl methyl sites for hydroxylation is 1. The number of aliphatic hydroxyl groups is 1. The van der Waals surface area contributed by atoms with E-state index in [4.69, 9.17) is 0 Å². The number of rotatable bonds is 4. The van der Waals surface area contributed by atoms with Gasteiger partial charge in [0.15, 0.2) is 9.84 Å². The smallest absolute Gasteiger partial charge is 0.153 e. The number of imidazole rings is 1. The topological polar surface area (TPSA) is 72.2 Å². The van der Waals surface area contributed by atoms with E-state index in [0.717, 1.165) is 13.0 Å². The van der Waals surface area contributed by atoms with Crippen LogP contribution in [-0.2, 0) is 22.0 Å². The predicted molar refractivity (Wildman–Crippen MR) is 68.9 cm³/mol. The minimum Gasteiger partial charge on any atom is -0.381 e. The molecule has 0 saturated heterocycles. The summed E-state index contributed by atoms with van der Waals surface area (Å²) in [4.78, 5) is 4.20. The Kier molecular flexibility index (Phi) is 3.51. The maximum Gasteiger partial charge on any atom is 0.153 e. The van der Waals surface area contributed by atoms with Crippen LogP contribution >= 0.6 is 0 Å². The molecule has 0 radical (unpaired) electrons. The average Bonchev–Trinajstić information content (AvgIpc) is 2.84. The summed E-state index contributed by atoms with van der Waals surface area (Å²) in [5, 5.41) is 10.1. The van der Waals surface area contributed by atoms with Crippen LogP contribution in [0.5, 0.6) is 0 Å². The summed E-state index contributed by atoms with van der Waals surface area (Å²) in [6.45, 7) is 2.78. The average molecular weight is 272 g/mol. The Bertz CT molecular complexity index is 523. The molecule has 102 valence electrons. The van der Waals surface area contributed by atoms with Crippen molar-refractivity contribution in [2.45, 2.75) is 50.0 Å². The lowest BCUT2D eigenvalue weighted by molar-refractivity contribution is 0.0346. The summed E-state index contributed by atoms with van der Waals surface area (Å²) >= 11 is 0. The van der Waals surface area contributed by atoms with E-state index in [-0.39, 0.29) is 0 Å². The normalized spacial score (nSPS) is 28.7. The molecule has 0 spiro atoms. The third-order valence-corrected chi connectivity index (χ3v) is 5.30. The summed E-state index contributed by atoms with van der Waals surface area (Å²) in [6, 6.07) is 0. The van der Waals surface area contributed by atoms with Crippen LogP contribution in [0.3, 0.4) is 0 Å². The summed E-state index contributed by atoms with van der Waals surface area (Å²) in [6.07, 6.45) is 7.23. The molecule has 2 rings (SSSR count). The van der Waals surface area contributed by atoms with E-state index in [9.17, 15) is 13.5 Å². The van der Waals surface area contributed by atoms with Gasteiger partial charge in [0.25, 0.3) is 0 Å². The van der Waals surface area contributed by atoms with Crippen LogP contribution in [0.2, 0.25) is 0 Å². The Morgan fingerprint density at radius 1 is 1.61 bits per heavy atom. The first-order valence-electron chi connectivity index (χ1n) is 6.32.